The normalized spacial score (nSPS) is 31.0. The lowest BCUT2D eigenvalue weighted by atomic mass is 9.98. The van der Waals surface area contributed by atoms with Gasteiger partial charge >= 0.3 is 0 Å². The van der Waals surface area contributed by atoms with Gasteiger partial charge in [0.25, 0.3) is 10.0 Å². The fourth-order valence-electron chi connectivity index (χ4n) is 3.39. The second-order valence-electron chi connectivity index (χ2n) is 6.76. The summed E-state index contributed by atoms with van der Waals surface area (Å²) in [7, 11) is -3.42. The third-order valence-corrected chi connectivity index (χ3v) is 7.23. The van der Waals surface area contributed by atoms with E-state index in [2.05, 4.69) is 26.8 Å². The molecular formula is C16H21NO2S. The quantitative estimate of drug-likeness (QED) is 0.839. The first-order chi connectivity index (χ1) is 9.19. The number of aryl methyl sites for hydroxylation is 1. The molecule has 1 saturated carbocycles. The van der Waals surface area contributed by atoms with Gasteiger partial charge in [-0.3, -0.25) is 4.31 Å². The Hall–Kier alpha value is -1.29. The van der Waals surface area contributed by atoms with E-state index in [0.29, 0.717) is 17.4 Å². The Labute approximate surface area is 121 Å². The highest BCUT2D eigenvalue weighted by Crippen LogP contribution is 2.71. The molecule has 0 saturated heterocycles. The van der Waals surface area contributed by atoms with Crippen LogP contribution in [0.4, 0.5) is 0 Å². The van der Waals surface area contributed by atoms with Gasteiger partial charge in [-0.15, -0.1) is 0 Å². The summed E-state index contributed by atoms with van der Waals surface area (Å²) in [4.78, 5) is 0.370. The fourth-order valence-corrected chi connectivity index (χ4v) is 4.71. The van der Waals surface area contributed by atoms with E-state index in [-0.39, 0.29) is 10.8 Å². The van der Waals surface area contributed by atoms with Crippen LogP contribution in [0.1, 0.15) is 26.3 Å². The van der Waals surface area contributed by atoms with Gasteiger partial charge in [-0.2, -0.15) is 0 Å². The minimum atomic E-state index is -3.42. The van der Waals surface area contributed by atoms with Crippen LogP contribution < -0.4 is 0 Å². The molecule has 3 rings (SSSR count). The number of rotatable bonds is 2. The summed E-state index contributed by atoms with van der Waals surface area (Å²) in [6, 6.07) is 7.05. The zero-order chi connectivity index (χ0) is 14.8. The summed E-state index contributed by atoms with van der Waals surface area (Å²) in [5.74, 6) is 0.403. The van der Waals surface area contributed by atoms with Gasteiger partial charge in [0.1, 0.15) is 0 Å². The molecule has 1 aromatic rings. The molecule has 1 aliphatic heterocycles. The molecule has 0 spiro atoms. The Kier molecular flexibility index (Phi) is 2.65. The average molecular weight is 291 g/mol. The largest absolute Gasteiger partial charge is 0.273 e. The van der Waals surface area contributed by atoms with Crippen LogP contribution >= 0.6 is 0 Å². The average Bonchev–Trinajstić information content (AvgIpc) is 2.83. The number of sulfonamides is 1. The second-order valence-corrected chi connectivity index (χ2v) is 8.65. The zero-order valence-electron chi connectivity index (χ0n) is 12.4. The maximum Gasteiger partial charge on any atom is 0.263 e. The number of benzene rings is 1. The van der Waals surface area contributed by atoms with Crippen molar-refractivity contribution in [3.63, 3.8) is 0 Å². The highest BCUT2D eigenvalue weighted by atomic mass is 32.2. The summed E-state index contributed by atoms with van der Waals surface area (Å²) in [5, 5.41) is 0. The van der Waals surface area contributed by atoms with Gasteiger partial charge in [0, 0.05) is 12.7 Å². The first-order valence-corrected chi connectivity index (χ1v) is 8.41. The zero-order valence-corrected chi connectivity index (χ0v) is 13.2. The Bertz CT molecular complexity index is 673. The standard InChI is InChI=1S/C16H21NO2S/c1-12-5-7-13(8-6-12)20(18,19)17-10-9-16(4)14(11-17)15(16,2)3/h5-10,14H,11H2,1-4H3. The molecule has 0 amide bonds. The molecule has 0 N–H and O–H groups in total. The van der Waals surface area contributed by atoms with Crippen LogP contribution in [0, 0.1) is 23.7 Å². The minimum Gasteiger partial charge on any atom is -0.273 e. The van der Waals surface area contributed by atoms with E-state index < -0.39 is 10.0 Å². The molecule has 4 heteroatoms. The lowest BCUT2D eigenvalue weighted by Gasteiger charge is -2.25. The van der Waals surface area contributed by atoms with Crippen LogP contribution in [-0.2, 0) is 10.0 Å². The van der Waals surface area contributed by atoms with Gasteiger partial charge in [0.15, 0.2) is 0 Å². The monoisotopic (exact) mass is 291 g/mol. The lowest BCUT2D eigenvalue weighted by Crippen LogP contribution is -2.31. The van der Waals surface area contributed by atoms with E-state index in [1.807, 2.05) is 19.1 Å². The summed E-state index contributed by atoms with van der Waals surface area (Å²) in [5.41, 5.74) is 1.39. The maximum absolute atomic E-state index is 12.7. The molecule has 2 atom stereocenters. The third kappa shape index (κ3) is 1.67. The van der Waals surface area contributed by atoms with Crippen LogP contribution in [0.25, 0.3) is 0 Å². The van der Waals surface area contributed by atoms with Crippen molar-refractivity contribution in [2.45, 2.75) is 32.6 Å². The van der Waals surface area contributed by atoms with E-state index in [1.165, 1.54) is 4.31 Å². The highest BCUT2D eigenvalue weighted by molar-refractivity contribution is 7.89. The van der Waals surface area contributed by atoms with E-state index in [9.17, 15) is 8.42 Å². The Morgan fingerprint density at radius 2 is 1.75 bits per heavy atom. The molecule has 2 aliphatic rings. The Morgan fingerprint density at radius 3 is 2.30 bits per heavy atom. The molecule has 0 bridgehead atoms. The fraction of sp³-hybridized carbons (Fsp3) is 0.500. The van der Waals surface area contributed by atoms with Crippen LogP contribution in [0.2, 0.25) is 0 Å². The van der Waals surface area contributed by atoms with Crippen LogP contribution in [0.3, 0.4) is 0 Å². The molecule has 1 fully saturated rings. The molecule has 1 aliphatic carbocycles. The lowest BCUT2D eigenvalue weighted by molar-refractivity contribution is 0.430. The van der Waals surface area contributed by atoms with Gasteiger partial charge in [0.05, 0.1) is 4.90 Å². The Morgan fingerprint density at radius 1 is 1.15 bits per heavy atom. The van der Waals surface area contributed by atoms with Crippen molar-refractivity contribution in [1.82, 2.24) is 4.31 Å². The number of hydrogen-bond donors (Lipinski definition) is 0. The van der Waals surface area contributed by atoms with Crippen molar-refractivity contribution >= 4 is 10.0 Å². The minimum absolute atomic E-state index is 0.145. The van der Waals surface area contributed by atoms with Crippen molar-refractivity contribution in [1.29, 1.82) is 0 Å². The van der Waals surface area contributed by atoms with Gasteiger partial charge in [-0.1, -0.05) is 44.5 Å². The first kappa shape index (κ1) is 13.7. The molecule has 108 valence electrons. The van der Waals surface area contributed by atoms with Gasteiger partial charge in [-0.05, 0) is 35.8 Å². The number of allylic oxidation sites excluding steroid dienone is 1. The second kappa shape index (κ2) is 3.88. The molecule has 0 aromatic heterocycles. The van der Waals surface area contributed by atoms with Crippen molar-refractivity contribution in [3.8, 4) is 0 Å². The molecule has 3 nitrogen and oxygen atoms in total. The molecule has 2 unspecified atom stereocenters. The molecule has 1 heterocycles. The smallest absolute Gasteiger partial charge is 0.263 e. The number of fused-ring (bicyclic) bond motifs is 1. The van der Waals surface area contributed by atoms with Gasteiger partial charge < -0.3 is 0 Å². The van der Waals surface area contributed by atoms with Crippen molar-refractivity contribution in [2.24, 2.45) is 16.7 Å². The van der Waals surface area contributed by atoms with Gasteiger partial charge in [-0.25, -0.2) is 8.42 Å². The van der Waals surface area contributed by atoms with Crippen LogP contribution in [0.5, 0.6) is 0 Å². The molecule has 20 heavy (non-hydrogen) atoms. The van der Waals surface area contributed by atoms with Crippen molar-refractivity contribution in [3.05, 3.63) is 42.1 Å². The third-order valence-electron chi connectivity index (χ3n) is 5.48. The molecular weight excluding hydrogens is 270 g/mol. The summed E-state index contributed by atoms with van der Waals surface area (Å²) < 4.78 is 26.8. The highest BCUT2D eigenvalue weighted by Gasteiger charge is 2.68. The molecule has 0 radical (unpaired) electrons. The maximum atomic E-state index is 12.7. The van der Waals surface area contributed by atoms with E-state index in [1.54, 1.807) is 18.3 Å². The van der Waals surface area contributed by atoms with Crippen LogP contribution in [-0.4, -0.2) is 19.3 Å². The topological polar surface area (TPSA) is 37.4 Å². The number of nitrogens with zero attached hydrogens (tertiary/aromatic N) is 1. The Balaban J connectivity index is 1.92. The summed E-state index contributed by atoms with van der Waals surface area (Å²) >= 11 is 0. The van der Waals surface area contributed by atoms with E-state index in [4.69, 9.17) is 0 Å². The molecule has 1 aromatic carbocycles. The van der Waals surface area contributed by atoms with Crippen molar-refractivity contribution in [2.75, 3.05) is 6.54 Å². The van der Waals surface area contributed by atoms with E-state index in [0.717, 1.165) is 5.56 Å². The SMILES string of the molecule is Cc1ccc(S(=O)(=O)N2C=CC3(C)C(C2)C3(C)C)cc1. The summed E-state index contributed by atoms with van der Waals surface area (Å²) in [6.07, 6.45) is 3.81. The van der Waals surface area contributed by atoms with Gasteiger partial charge in [0.2, 0.25) is 0 Å². The predicted molar refractivity (Wildman–Crippen MR) is 79.6 cm³/mol. The summed E-state index contributed by atoms with van der Waals surface area (Å²) in [6.45, 7) is 9.17. The van der Waals surface area contributed by atoms with Crippen molar-refractivity contribution < 1.29 is 8.42 Å². The number of hydrogen-bond acceptors (Lipinski definition) is 2. The first-order valence-electron chi connectivity index (χ1n) is 6.97. The predicted octanol–water partition coefficient (Wildman–Crippen LogP) is 3.18. The van der Waals surface area contributed by atoms with E-state index >= 15 is 0 Å². The van der Waals surface area contributed by atoms with Crippen LogP contribution in [0.15, 0.2) is 41.4 Å².